The first-order valence-electron chi connectivity index (χ1n) is 12.8. The highest BCUT2D eigenvalue weighted by Crippen LogP contribution is 2.09. The lowest BCUT2D eigenvalue weighted by molar-refractivity contribution is -0.142. The van der Waals surface area contributed by atoms with Gasteiger partial charge in [-0.25, -0.2) is 4.79 Å². The summed E-state index contributed by atoms with van der Waals surface area (Å²) in [4.78, 5) is 65.5. The fraction of sp³-hybridized carbons (Fsp3) is 0.739. The van der Waals surface area contributed by atoms with Crippen LogP contribution in [0.4, 0.5) is 0 Å². The van der Waals surface area contributed by atoms with E-state index in [0.717, 1.165) is 0 Å². The van der Waals surface area contributed by atoms with E-state index in [1.54, 1.807) is 6.92 Å². The molecule has 218 valence electrons. The number of carbonyl (C=O) groups is 5. The van der Waals surface area contributed by atoms with Gasteiger partial charge in [-0.15, -0.1) is 0 Å². The van der Waals surface area contributed by atoms with Gasteiger partial charge in [0.05, 0.1) is 6.04 Å². The SMILES string of the molecule is CCC(C)C(N)C(=O)NC(CCC(N)=O)C(=O)NC(CCCCN)C(=O)NC(CCCN=C(N)N)C(=O)O. The van der Waals surface area contributed by atoms with Crippen molar-refractivity contribution in [3.05, 3.63) is 0 Å². The number of hydrogen-bond acceptors (Lipinski definition) is 8. The molecule has 0 aromatic heterocycles. The number of aliphatic imine (C=N–C) groups is 1. The zero-order chi connectivity index (χ0) is 29.3. The van der Waals surface area contributed by atoms with E-state index in [-0.39, 0.29) is 50.5 Å². The van der Waals surface area contributed by atoms with Crippen LogP contribution in [-0.2, 0) is 24.0 Å². The van der Waals surface area contributed by atoms with Gasteiger partial charge in [-0.05, 0) is 51.0 Å². The third-order valence-electron chi connectivity index (χ3n) is 6.01. The third kappa shape index (κ3) is 14.3. The molecule has 15 heteroatoms. The first-order chi connectivity index (χ1) is 17.8. The molecule has 5 unspecified atom stereocenters. The first-order valence-corrected chi connectivity index (χ1v) is 12.8. The number of carboxylic acids is 1. The highest BCUT2D eigenvalue weighted by molar-refractivity contribution is 5.94. The molecule has 0 aromatic carbocycles. The van der Waals surface area contributed by atoms with Crippen LogP contribution in [0.15, 0.2) is 4.99 Å². The Hall–Kier alpha value is -3.46. The standard InChI is InChI=1S/C23H45N9O6/c1-3-13(2)18(26)21(36)31-15(9-10-17(25)33)20(35)30-14(7-4-5-11-24)19(34)32-16(22(37)38)8-6-12-29-23(27)28/h13-16,18H,3-12,24,26H2,1-2H3,(H2,25,33)(H,30,35)(H,31,36)(H,32,34)(H,37,38)(H4,27,28,29). The van der Waals surface area contributed by atoms with Crippen LogP contribution in [0.25, 0.3) is 0 Å². The van der Waals surface area contributed by atoms with Gasteiger partial charge in [-0.3, -0.25) is 24.2 Å². The summed E-state index contributed by atoms with van der Waals surface area (Å²) < 4.78 is 0. The summed E-state index contributed by atoms with van der Waals surface area (Å²) >= 11 is 0. The molecule has 0 aliphatic rings. The van der Waals surface area contributed by atoms with Crippen molar-refractivity contribution in [2.75, 3.05) is 13.1 Å². The van der Waals surface area contributed by atoms with Gasteiger partial charge in [-0.1, -0.05) is 20.3 Å². The van der Waals surface area contributed by atoms with Crippen LogP contribution < -0.4 is 44.6 Å². The Morgan fingerprint density at radius 2 is 1.34 bits per heavy atom. The molecule has 15 nitrogen and oxygen atoms in total. The number of nitrogens with two attached hydrogens (primary N) is 5. The zero-order valence-electron chi connectivity index (χ0n) is 22.3. The number of carboxylic acid groups (broad SMARTS) is 1. The summed E-state index contributed by atoms with van der Waals surface area (Å²) in [6.07, 6.45) is 1.85. The average Bonchev–Trinajstić information content (AvgIpc) is 2.85. The molecule has 0 aromatic rings. The molecule has 5 atom stereocenters. The molecule has 4 amide bonds. The lowest BCUT2D eigenvalue weighted by atomic mass is 9.98. The lowest BCUT2D eigenvalue weighted by Crippen LogP contribution is -2.57. The van der Waals surface area contributed by atoms with Crippen molar-refractivity contribution in [2.45, 2.75) is 89.4 Å². The summed E-state index contributed by atoms with van der Waals surface area (Å²) in [7, 11) is 0. The average molecular weight is 544 g/mol. The summed E-state index contributed by atoms with van der Waals surface area (Å²) in [6.45, 7) is 4.19. The van der Waals surface area contributed by atoms with Crippen LogP contribution in [-0.4, -0.2) is 77.9 Å². The first kappa shape index (κ1) is 34.5. The highest BCUT2D eigenvalue weighted by atomic mass is 16.4. The van der Waals surface area contributed by atoms with Gasteiger partial charge in [0, 0.05) is 13.0 Å². The van der Waals surface area contributed by atoms with E-state index in [2.05, 4.69) is 20.9 Å². The Morgan fingerprint density at radius 3 is 1.84 bits per heavy atom. The zero-order valence-corrected chi connectivity index (χ0v) is 22.3. The number of aliphatic carboxylic acids is 1. The fourth-order valence-electron chi connectivity index (χ4n) is 3.40. The Balaban J connectivity index is 5.60. The second kappa shape index (κ2) is 18.7. The van der Waals surface area contributed by atoms with Gasteiger partial charge in [0.15, 0.2) is 5.96 Å². The molecule has 0 saturated carbocycles. The van der Waals surface area contributed by atoms with Crippen LogP contribution in [0, 0.1) is 5.92 Å². The van der Waals surface area contributed by atoms with Gasteiger partial charge >= 0.3 is 5.97 Å². The van der Waals surface area contributed by atoms with Crippen LogP contribution >= 0.6 is 0 Å². The molecule has 14 N–H and O–H groups in total. The number of unbranched alkanes of at least 4 members (excludes halogenated alkanes) is 1. The second-order valence-corrected chi connectivity index (χ2v) is 9.17. The number of guanidine groups is 1. The van der Waals surface area contributed by atoms with E-state index in [0.29, 0.717) is 25.8 Å². The van der Waals surface area contributed by atoms with Crippen molar-refractivity contribution in [2.24, 2.45) is 39.6 Å². The molecule has 38 heavy (non-hydrogen) atoms. The van der Waals surface area contributed by atoms with E-state index in [9.17, 15) is 29.1 Å². The predicted octanol–water partition coefficient (Wildman–Crippen LogP) is -2.65. The molecule has 0 heterocycles. The Bertz CT molecular complexity index is 819. The van der Waals surface area contributed by atoms with Crippen LogP contribution in [0.1, 0.15) is 65.2 Å². The van der Waals surface area contributed by atoms with Crippen molar-refractivity contribution in [3.8, 4) is 0 Å². The van der Waals surface area contributed by atoms with E-state index >= 15 is 0 Å². The fourth-order valence-corrected chi connectivity index (χ4v) is 3.40. The number of hydrogen-bond donors (Lipinski definition) is 9. The van der Waals surface area contributed by atoms with E-state index < -0.39 is 53.8 Å². The predicted molar refractivity (Wildman–Crippen MR) is 142 cm³/mol. The van der Waals surface area contributed by atoms with Crippen LogP contribution in [0.5, 0.6) is 0 Å². The summed E-state index contributed by atoms with van der Waals surface area (Å²) in [5.74, 6) is -4.27. The van der Waals surface area contributed by atoms with E-state index in [1.807, 2.05) is 6.92 Å². The normalized spacial score (nSPS) is 14.7. The minimum atomic E-state index is -1.26. The van der Waals surface area contributed by atoms with Gasteiger partial charge in [0.2, 0.25) is 23.6 Å². The molecule has 0 aliphatic heterocycles. The quantitative estimate of drug-likeness (QED) is 0.0436. The molecule has 0 spiro atoms. The van der Waals surface area contributed by atoms with E-state index in [1.165, 1.54) is 0 Å². The number of primary amides is 1. The van der Waals surface area contributed by atoms with Gasteiger partial charge in [0.25, 0.3) is 0 Å². The minimum Gasteiger partial charge on any atom is -0.480 e. The van der Waals surface area contributed by atoms with Gasteiger partial charge < -0.3 is 49.7 Å². The Kier molecular flexibility index (Phi) is 17.0. The maximum absolute atomic E-state index is 13.1. The molecule has 0 radical (unpaired) electrons. The number of nitrogens with zero attached hydrogens (tertiary/aromatic N) is 1. The molecule has 0 rings (SSSR count). The maximum Gasteiger partial charge on any atom is 0.326 e. The summed E-state index contributed by atoms with van der Waals surface area (Å²) in [5.41, 5.74) is 27.2. The third-order valence-corrected chi connectivity index (χ3v) is 6.01. The van der Waals surface area contributed by atoms with Crippen LogP contribution in [0.2, 0.25) is 0 Å². The van der Waals surface area contributed by atoms with Crippen molar-refractivity contribution in [3.63, 3.8) is 0 Å². The molecular formula is C23H45N9O6. The topological polar surface area (TPSA) is 284 Å². The number of rotatable bonds is 20. The number of nitrogens with one attached hydrogen (secondary N) is 3. The second-order valence-electron chi connectivity index (χ2n) is 9.17. The van der Waals surface area contributed by atoms with Gasteiger partial charge in [-0.2, -0.15) is 0 Å². The summed E-state index contributed by atoms with van der Waals surface area (Å²) in [6, 6.07) is -4.44. The number of carbonyl (C=O) groups excluding carboxylic acids is 4. The van der Waals surface area contributed by atoms with Crippen LogP contribution in [0.3, 0.4) is 0 Å². The monoisotopic (exact) mass is 543 g/mol. The molecular weight excluding hydrogens is 498 g/mol. The molecule has 0 bridgehead atoms. The Labute approximate surface area is 223 Å². The van der Waals surface area contributed by atoms with Gasteiger partial charge in [0.1, 0.15) is 18.1 Å². The molecule has 0 saturated heterocycles. The van der Waals surface area contributed by atoms with Crippen molar-refractivity contribution < 1.29 is 29.1 Å². The summed E-state index contributed by atoms with van der Waals surface area (Å²) in [5, 5.41) is 17.1. The lowest BCUT2D eigenvalue weighted by Gasteiger charge is -2.26. The van der Waals surface area contributed by atoms with Crippen molar-refractivity contribution in [1.29, 1.82) is 0 Å². The minimum absolute atomic E-state index is 0.0477. The Morgan fingerprint density at radius 1 is 0.816 bits per heavy atom. The van der Waals surface area contributed by atoms with E-state index in [4.69, 9.17) is 28.7 Å². The molecule has 0 aliphatic carbocycles. The maximum atomic E-state index is 13.1. The smallest absolute Gasteiger partial charge is 0.326 e. The highest BCUT2D eigenvalue weighted by Gasteiger charge is 2.31. The largest absolute Gasteiger partial charge is 0.480 e. The number of amides is 4. The van der Waals surface area contributed by atoms with Crippen molar-refractivity contribution in [1.82, 2.24) is 16.0 Å². The molecule has 0 fully saturated rings. The van der Waals surface area contributed by atoms with Crippen molar-refractivity contribution >= 4 is 35.6 Å².